The van der Waals surface area contributed by atoms with Crippen LogP contribution in [0.3, 0.4) is 0 Å². The molecule has 0 N–H and O–H groups in total. The lowest BCUT2D eigenvalue weighted by atomic mass is 10.0. The van der Waals surface area contributed by atoms with Gasteiger partial charge in [-0.05, 0) is 115 Å². The Balaban J connectivity index is 0.958. The summed E-state index contributed by atoms with van der Waals surface area (Å²) in [5, 5.41) is 27.2. The Morgan fingerprint density at radius 3 is 0.935 bits per heavy atom. The van der Waals surface area contributed by atoms with Crippen LogP contribution in [0.15, 0.2) is 178 Å². The first-order valence-corrected chi connectivity index (χ1v) is 15.3. The van der Waals surface area contributed by atoms with Crippen molar-refractivity contribution in [2.45, 2.75) is 0 Å². The van der Waals surface area contributed by atoms with Crippen molar-refractivity contribution in [1.29, 1.82) is 0 Å². The van der Waals surface area contributed by atoms with Crippen LogP contribution in [-0.4, -0.2) is 0 Å². The predicted molar refractivity (Wildman–Crippen MR) is 193 cm³/mol. The number of fused-ring (bicyclic) bond motifs is 4. The molecule has 0 saturated carbocycles. The lowest BCUT2D eigenvalue weighted by molar-refractivity contribution is 1.24. The molecule has 0 heterocycles. The standard InChI is InChI=1S/C42H28N4/c1-3-7-33-25-39(19-15-31(33)5-1)43-45-41-21-17-35-23-29(11-13-37(35)27-41)9-10-30-12-14-38-28-42(22-18-36(38)24-30)46-44-40-20-16-32-6-2-4-8-34(32)26-40/h1-28H/b10-9+,45-43+,46-44+. The molecule has 0 aliphatic heterocycles. The van der Waals surface area contributed by atoms with Gasteiger partial charge in [-0.15, -0.1) is 0 Å². The molecular formula is C42H28N4. The third-order valence-corrected chi connectivity index (χ3v) is 8.19. The Morgan fingerprint density at radius 2 is 0.543 bits per heavy atom. The first kappa shape index (κ1) is 27.3. The van der Waals surface area contributed by atoms with Crippen molar-refractivity contribution in [2.75, 3.05) is 0 Å². The van der Waals surface area contributed by atoms with E-state index in [2.05, 4.69) is 142 Å². The molecule has 0 atom stereocenters. The maximum Gasteiger partial charge on any atom is 0.0863 e. The van der Waals surface area contributed by atoms with Gasteiger partial charge >= 0.3 is 0 Å². The lowest BCUT2D eigenvalue weighted by Crippen LogP contribution is -1.78. The van der Waals surface area contributed by atoms with E-state index < -0.39 is 0 Å². The Labute approximate surface area is 266 Å². The quantitative estimate of drug-likeness (QED) is 0.137. The number of benzene rings is 8. The van der Waals surface area contributed by atoms with Gasteiger partial charge in [0, 0.05) is 0 Å². The van der Waals surface area contributed by atoms with Crippen LogP contribution < -0.4 is 0 Å². The molecule has 0 radical (unpaired) electrons. The van der Waals surface area contributed by atoms with Crippen LogP contribution in [0.5, 0.6) is 0 Å². The molecule has 4 heteroatoms. The molecule has 8 aromatic carbocycles. The average molecular weight is 589 g/mol. The molecule has 0 fully saturated rings. The molecule has 0 aromatic heterocycles. The third kappa shape index (κ3) is 5.92. The van der Waals surface area contributed by atoms with Gasteiger partial charge in [-0.3, -0.25) is 0 Å². The van der Waals surface area contributed by atoms with Crippen LogP contribution >= 0.6 is 0 Å². The van der Waals surface area contributed by atoms with E-state index in [-0.39, 0.29) is 0 Å². The number of nitrogens with zero attached hydrogens (tertiary/aromatic N) is 4. The molecule has 0 spiro atoms. The average Bonchev–Trinajstić information content (AvgIpc) is 3.11. The monoisotopic (exact) mass is 588 g/mol. The van der Waals surface area contributed by atoms with Gasteiger partial charge in [0.1, 0.15) is 0 Å². The summed E-state index contributed by atoms with van der Waals surface area (Å²) in [5.74, 6) is 0. The highest BCUT2D eigenvalue weighted by Gasteiger charge is 2.01. The topological polar surface area (TPSA) is 49.4 Å². The number of azo groups is 2. The minimum absolute atomic E-state index is 0.832. The summed E-state index contributed by atoms with van der Waals surface area (Å²) in [5.41, 5.74) is 5.63. The van der Waals surface area contributed by atoms with E-state index >= 15 is 0 Å². The largest absolute Gasteiger partial charge is 0.151 e. The van der Waals surface area contributed by atoms with Crippen molar-refractivity contribution < 1.29 is 0 Å². The zero-order valence-corrected chi connectivity index (χ0v) is 25.0. The minimum Gasteiger partial charge on any atom is -0.151 e. The van der Waals surface area contributed by atoms with Crippen molar-refractivity contribution >= 4 is 78.0 Å². The Morgan fingerprint density at radius 1 is 0.261 bits per heavy atom. The smallest absolute Gasteiger partial charge is 0.0863 e. The van der Waals surface area contributed by atoms with Gasteiger partial charge in [0.05, 0.1) is 22.7 Å². The summed E-state index contributed by atoms with van der Waals surface area (Å²) in [7, 11) is 0. The fraction of sp³-hybridized carbons (Fsp3) is 0. The molecule has 216 valence electrons. The second-order valence-corrected chi connectivity index (χ2v) is 11.4. The summed E-state index contributed by atoms with van der Waals surface area (Å²) < 4.78 is 0. The molecule has 0 bridgehead atoms. The van der Waals surface area contributed by atoms with Crippen LogP contribution in [0.4, 0.5) is 22.7 Å². The van der Waals surface area contributed by atoms with Gasteiger partial charge in [0.25, 0.3) is 0 Å². The Kier molecular flexibility index (Phi) is 7.14. The van der Waals surface area contributed by atoms with Crippen molar-refractivity contribution in [2.24, 2.45) is 20.5 Å². The zero-order chi connectivity index (χ0) is 30.7. The van der Waals surface area contributed by atoms with E-state index in [0.717, 1.165) is 66.2 Å². The zero-order valence-electron chi connectivity index (χ0n) is 25.0. The second kappa shape index (κ2) is 12.0. The van der Waals surface area contributed by atoms with E-state index in [1.54, 1.807) is 0 Å². The van der Waals surface area contributed by atoms with Crippen LogP contribution in [0.1, 0.15) is 11.1 Å². The number of rotatable bonds is 6. The maximum absolute atomic E-state index is 4.50. The van der Waals surface area contributed by atoms with Gasteiger partial charge in [-0.1, -0.05) is 109 Å². The Hall–Kier alpha value is -6.26. The van der Waals surface area contributed by atoms with Gasteiger partial charge in [0.2, 0.25) is 0 Å². The van der Waals surface area contributed by atoms with Crippen LogP contribution in [0.25, 0.3) is 55.2 Å². The first-order chi connectivity index (χ1) is 22.7. The minimum atomic E-state index is 0.832. The molecule has 8 aromatic rings. The second-order valence-electron chi connectivity index (χ2n) is 11.4. The third-order valence-electron chi connectivity index (χ3n) is 8.19. The highest BCUT2D eigenvalue weighted by Crippen LogP contribution is 2.29. The van der Waals surface area contributed by atoms with E-state index in [1.807, 2.05) is 48.5 Å². The van der Waals surface area contributed by atoms with E-state index in [4.69, 9.17) is 0 Å². The maximum atomic E-state index is 4.50. The molecule has 0 amide bonds. The highest BCUT2D eigenvalue weighted by atomic mass is 15.1. The molecular weight excluding hydrogens is 560 g/mol. The van der Waals surface area contributed by atoms with E-state index in [0.29, 0.717) is 0 Å². The normalized spacial score (nSPS) is 12.1. The van der Waals surface area contributed by atoms with Crippen LogP contribution in [0, 0.1) is 0 Å². The molecule has 0 aliphatic carbocycles. The predicted octanol–water partition coefficient (Wildman–Crippen LogP) is 13.3. The molecule has 4 nitrogen and oxygen atoms in total. The van der Waals surface area contributed by atoms with Crippen molar-refractivity contribution in [3.8, 4) is 0 Å². The molecule has 8 rings (SSSR count). The fourth-order valence-electron chi connectivity index (χ4n) is 5.74. The molecule has 0 aliphatic rings. The first-order valence-electron chi connectivity index (χ1n) is 15.3. The van der Waals surface area contributed by atoms with Gasteiger partial charge < -0.3 is 0 Å². The lowest BCUT2D eigenvalue weighted by Gasteiger charge is -2.03. The Bertz CT molecular complexity index is 2320. The fourth-order valence-corrected chi connectivity index (χ4v) is 5.74. The van der Waals surface area contributed by atoms with Crippen molar-refractivity contribution in [3.63, 3.8) is 0 Å². The van der Waals surface area contributed by atoms with Gasteiger partial charge in [0.15, 0.2) is 0 Å². The summed E-state index contributed by atoms with van der Waals surface area (Å²) in [6.07, 6.45) is 4.31. The molecule has 0 unspecified atom stereocenters. The number of hydrogen-bond donors (Lipinski definition) is 0. The number of hydrogen-bond acceptors (Lipinski definition) is 4. The molecule has 46 heavy (non-hydrogen) atoms. The van der Waals surface area contributed by atoms with Crippen LogP contribution in [0.2, 0.25) is 0 Å². The van der Waals surface area contributed by atoms with E-state index in [1.165, 1.54) is 10.8 Å². The highest BCUT2D eigenvalue weighted by molar-refractivity contribution is 5.91. The van der Waals surface area contributed by atoms with Crippen molar-refractivity contribution in [1.82, 2.24) is 0 Å². The summed E-state index contributed by atoms with van der Waals surface area (Å²) >= 11 is 0. The van der Waals surface area contributed by atoms with Crippen molar-refractivity contribution in [3.05, 3.63) is 169 Å². The summed E-state index contributed by atoms with van der Waals surface area (Å²) in [4.78, 5) is 0. The van der Waals surface area contributed by atoms with E-state index in [9.17, 15) is 0 Å². The SMILES string of the molecule is C(=C\c1ccc2cc(/N=N/c3ccc4ccccc4c3)ccc2c1)/c1ccc2cc(/N=N/c3ccc4ccccc4c3)ccc2c1. The summed E-state index contributed by atoms with van der Waals surface area (Å²) in [6.45, 7) is 0. The van der Waals surface area contributed by atoms with Gasteiger partial charge in [-0.25, -0.2) is 0 Å². The van der Waals surface area contributed by atoms with Gasteiger partial charge in [-0.2, -0.15) is 20.5 Å². The summed E-state index contributed by atoms with van der Waals surface area (Å²) in [6, 6.07) is 54.2. The molecule has 0 saturated heterocycles. The van der Waals surface area contributed by atoms with Crippen LogP contribution in [-0.2, 0) is 0 Å².